The number of thiophene rings is 1. The highest BCUT2D eigenvalue weighted by molar-refractivity contribution is 9.12. The molecule has 19 heavy (non-hydrogen) atoms. The van der Waals surface area contributed by atoms with E-state index in [0.717, 1.165) is 24.6 Å². The van der Waals surface area contributed by atoms with Gasteiger partial charge in [-0.1, -0.05) is 22.0 Å². The highest BCUT2D eigenvalue weighted by atomic mass is 79.9. The molecule has 0 amide bonds. The van der Waals surface area contributed by atoms with Gasteiger partial charge >= 0.3 is 0 Å². The average Bonchev–Trinajstić information content (AvgIpc) is 2.76. The fourth-order valence-electron chi connectivity index (χ4n) is 1.92. The fourth-order valence-corrected chi connectivity index (χ4v) is 5.93. The van der Waals surface area contributed by atoms with Crippen molar-refractivity contribution in [2.75, 3.05) is 13.2 Å². The zero-order valence-corrected chi connectivity index (χ0v) is 15.2. The van der Waals surface area contributed by atoms with Gasteiger partial charge in [0, 0.05) is 0 Å². The molecule has 2 heterocycles. The molecule has 1 aliphatic rings. The molecule has 0 spiro atoms. The maximum atomic E-state index is 5.62. The molecule has 3 rings (SSSR count). The zero-order chi connectivity index (χ0) is 13.4. The van der Waals surface area contributed by atoms with Gasteiger partial charge in [-0.25, -0.2) is 0 Å². The van der Waals surface area contributed by atoms with Crippen molar-refractivity contribution in [2.45, 2.75) is 4.83 Å². The Balaban J connectivity index is 1.95. The van der Waals surface area contributed by atoms with Gasteiger partial charge < -0.3 is 9.47 Å². The van der Waals surface area contributed by atoms with Gasteiger partial charge in [0.05, 0.1) is 12.4 Å². The highest BCUT2D eigenvalue weighted by Gasteiger charge is 2.19. The first-order valence-corrected chi connectivity index (χ1v) is 8.95. The summed E-state index contributed by atoms with van der Waals surface area (Å²) in [5, 5.41) is 0. The van der Waals surface area contributed by atoms with Gasteiger partial charge in [-0.2, -0.15) is 0 Å². The molecule has 1 aliphatic heterocycles. The number of alkyl halides is 1. The largest absolute Gasteiger partial charge is 0.486 e. The van der Waals surface area contributed by atoms with E-state index >= 15 is 0 Å². The van der Waals surface area contributed by atoms with Crippen molar-refractivity contribution >= 4 is 59.1 Å². The van der Waals surface area contributed by atoms with Gasteiger partial charge in [-0.3, -0.25) is 0 Å². The summed E-state index contributed by atoms with van der Waals surface area (Å²) in [5.41, 5.74) is 2.35. The van der Waals surface area contributed by atoms with Crippen molar-refractivity contribution in [1.29, 1.82) is 0 Å². The number of halogens is 3. The standard InChI is InChI=1S/C13H9Br3O2S/c14-11-6-8(13(16)19-11)12(15)7-1-2-9-10(5-7)18-4-3-17-9/h1-2,5-6,12H,3-4H2. The summed E-state index contributed by atoms with van der Waals surface area (Å²) < 4.78 is 13.4. The van der Waals surface area contributed by atoms with Crippen LogP contribution in [0.5, 0.6) is 11.5 Å². The summed E-state index contributed by atoms with van der Waals surface area (Å²) in [6.07, 6.45) is 0. The lowest BCUT2D eigenvalue weighted by atomic mass is 10.1. The Morgan fingerprint density at radius 2 is 1.79 bits per heavy atom. The highest BCUT2D eigenvalue weighted by Crippen LogP contribution is 2.43. The van der Waals surface area contributed by atoms with E-state index in [4.69, 9.17) is 9.47 Å². The quantitative estimate of drug-likeness (QED) is 0.540. The Bertz CT molecular complexity index is 612. The van der Waals surface area contributed by atoms with Gasteiger partial charge in [0.2, 0.25) is 0 Å². The molecule has 6 heteroatoms. The van der Waals surface area contributed by atoms with Crippen LogP contribution in [0.2, 0.25) is 0 Å². The van der Waals surface area contributed by atoms with Gasteiger partial charge in [0.25, 0.3) is 0 Å². The maximum Gasteiger partial charge on any atom is 0.161 e. The lowest BCUT2D eigenvalue weighted by molar-refractivity contribution is 0.171. The normalized spacial score (nSPS) is 15.3. The number of rotatable bonds is 2. The number of hydrogen-bond donors (Lipinski definition) is 0. The molecule has 0 aliphatic carbocycles. The van der Waals surface area contributed by atoms with Crippen LogP contribution in [0.25, 0.3) is 0 Å². The lowest BCUT2D eigenvalue weighted by Gasteiger charge is -2.20. The van der Waals surface area contributed by atoms with Gasteiger partial charge in [0.1, 0.15) is 13.2 Å². The molecule has 0 saturated heterocycles. The van der Waals surface area contributed by atoms with Crippen molar-refractivity contribution < 1.29 is 9.47 Å². The van der Waals surface area contributed by atoms with Crippen LogP contribution in [0.1, 0.15) is 16.0 Å². The van der Waals surface area contributed by atoms with Crippen LogP contribution in [-0.2, 0) is 0 Å². The zero-order valence-electron chi connectivity index (χ0n) is 9.66. The summed E-state index contributed by atoms with van der Waals surface area (Å²) in [6.45, 7) is 1.23. The minimum Gasteiger partial charge on any atom is -0.486 e. The molecule has 2 nitrogen and oxygen atoms in total. The van der Waals surface area contributed by atoms with Crippen LogP contribution < -0.4 is 9.47 Å². The summed E-state index contributed by atoms with van der Waals surface area (Å²) in [5.74, 6) is 1.64. The smallest absolute Gasteiger partial charge is 0.161 e. The summed E-state index contributed by atoms with van der Waals surface area (Å²) in [7, 11) is 0. The van der Waals surface area contributed by atoms with Gasteiger partial charge in [-0.05, 0) is 61.2 Å². The Morgan fingerprint density at radius 1 is 1.05 bits per heavy atom. The molecule has 1 aromatic heterocycles. The lowest BCUT2D eigenvalue weighted by Crippen LogP contribution is -2.15. The van der Waals surface area contributed by atoms with Gasteiger partial charge in [-0.15, -0.1) is 11.3 Å². The van der Waals surface area contributed by atoms with Crippen molar-refractivity contribution in [1.82, 2.24) is 0 Å². The first-order valence-electron chi connectivity index (χ1n) is 5.63. The van der Waals surface area contributed by atoms with Crippen LogP contribution >= 0.6 is 59.1 Å². The summed E-state index contributed by atoms with van der Waals surface area (Å²) in [4.78, 5) is 0.125. The molecule has 1 aromatic carbocycles. The number of hydrogen-bond acceptors (Lipinski definition) is 3. The fraction of sp³-hybridized carbons (Fsp3) is 0.231. The van der Waals surface area contributed by atoms with E-state index in [1.165, 1.54) is 5.56 Å². The third-order valence-corrected chi connectivity index (χ3v) is 6.22. The molecule has 0 saturated carbocycles. The molecule has 0 N–H and O–H groups in total. The molecule has 2 aromatic rings. The van der Waals surface area contributed by atoms with Crippen LogP contribution in [0.3, 0.4) is 0 Å². The molecular weight excluding hydrogens is 460 g/mol. The first-order chi connectivity index (χ1) is 9.15. The summed E-state index contributed by atoms with van der Waals surface area (Å²) in [6, 6.07) is 8.18. The molecule has 0 fully saturated rings. The predicted molar refractivity (Wildman–Crippen MR) is 87.9 cm³/mol. The number of ether oxygens (including phenoxy) is 2. The Labute approximate surface area is 140 Å². The number of fused-ring (bicyclic) bond motifs is 1. The number of benzene rings is 1. The van der Waals surface area contributed by atoms with Crippen LogP contribution in [-0.4, -0.2) is 13.2 Å². The van der Waals surface area contributed by atoms with Crippen molar-refractivity contribution in [3.05, 3.63) is 43.0 Å². The molecule has 1 atom stereocenters. The van der Waals surface area contributed by atoms with Crippen molar-refractivity contribution in [3.8, 4) is 11.5 Å². The average molecular weight is 469 g/mol. The third kappa shape index (κ3) is 2.86. The monoisotopic (exact) mass is 466 g/mol. The van der Waals surface area contributed by atoms with Crippen LogP contribution in [0, 0.1) is 0 Å². The Morgan fingerprint density at radius 3 is 2.47 bits per heavy atom. The van der Waals surface area contributed by atoms with E-state index in [1.807, 2.05) is 12.1 Å². The second-order valence-electron chi connectivity index (χ2n) is 4.05. The van der Waals surface area contributed by atoms with Crippen molar-refractivity contribution in [3.63, 3.8) is 0 Å². The molecule has 0 radical (unpaired) electrons. The minimum absolute atomic E-state index is 0.125. The van der Waals surface area contributed by atoms with E-state index in [2.05, 4.69) is 59.9 Å². The minimum atomic E-state index is 0.125. The molecular formula is C13H9Br3O2S. The van der Waals surface area contributed by atoms with E-state index in [-0.39, 0.29) is 4.83 Å². The van der Waals surface area contributed by atoms with Crippen LogP contribution in [0.15, 0.2) is 31.8 Å². The second kappa shape index (κ2) is 5.76. The van der Waals surface area contributed by atoms with E-state index in [0.29, 0.717) is 13.2 Å². The molecule has 1 unspecified atom stereocenters. The Kier molecular flexibility index (Phi) is 4.22. The Hall–Kier alpha value is -0.0400. The van der Waals surface area contributed by atoms with Crippen molar-refractivity contribution in [2.24, 2.45) is 0 Å². The van der Waals surface area contributed by atoms with Gasteiger partial charge in [0.15, 0.2) is 11.5 Å². The molecule has 100 valence electrons. The van der Waals surface area contributed by atoms with Crippen LogP contribution in [0.4, 0.5) is 0 Å². The SMILES string of the molecule is Brc1cc(C(Br)c2ccc3c(c2)OCCO3)c(Br)s1. The first kappa shape index (κ1) is 13.9. The third-order valence-electron chi connectivity index (χ3n) is 2.81. The maximum absolute atomic E-state index is 5.62. The predicted octanol–water partition coefficient (Wildman–Crippen LogP) is 5.53. The summed E-state index contributed by atoms with van der Waals surface area (Å²) >= 11 is 12.5. The molecule has 0 bridgehead atoms. The topological polar surface area (TPSA) is 18.5 Å². The second-order valence-corrected chi connectivity index (χ2v) is 8.71. The van der Waals surface area contributed by atoms with E-state index in [9.17, 15) is 0 Å². The van der Waals surface area contributed by atoms with E-state index < -0.39 is 0 Å². The van der Waals surface area contributed by atoms with E-state index in [1.54, 1.807) is 11.3 Å².